The van der Waals surface area contributed by atoms with Crippen LogP contribution >= 0.6 is 11.6 Å². The van der Waals surface area contributed by atoms with Gasteiger partial charge < -0.3 is 5.32 Å². The zero-order valence-electron chi connectivity index (χ0n) is 13.8. The third-order valence-corrected chi connectivity index (χ3v) is 5.10. The van der Waals surface area contributed by atoms with Crippen LogP contribution in [0.25, 0.3) is 0 Å². The van der Waals surface area contributed by atoms with Gasteiger partial charge in [-0.25, -0.2) is 0 Å². The van der Waals surface area contributed by atoms with Crippen LogP contribution in [0, 0.1) is 5.92 Å². The van der Waals surface area contributed by atoms with Gasteiger partial charge in [0.05, 0.1) is 12.6 Å². The molecule has 3 nitrogen and oxygen atoms in total. The van der Waals surface area contributed by atoms with Crippen LogP contribution in [0.15, 0.2) is 24.3 Å². The quantitative estimate of drug-likeness (QED) is 0.887. The summed E-state index contributed by atoms with van der Waals surface area (Å²) in [4.78, 5) is 14.5. The van der Waals surface area contributed by atoms with E-state index in [1.54, 1.807) is 0 Å². The molecule has 2 rings (SSSR count). The van der Waals surface area contributed by atoms with Gasteiger partial charge in [-0.1, -0.05) is 36.7 Å². The van der Waals surface area contributed by atoms with Crippen molar-refractivity contribution in [3.8, 4) is 0 Å². The molecule has 1 saturated carbocycles. The first-order chi connectivity index (χ1) is 10.5. The van der Waals surface area contributed by atoms with Crippen molar-refractivity contribution in [1.82, 2.24) is 10.2 Å². The summed E-state index contributed by atoms with van der Waals surface area (Å²) in [6.07, 6.45) is 4.94. The van der Waals surface area contributed by atoms with Gasteiger partial charge in [-0.05, 0) is 57.2 Å². The van der Waals surface area contributed by atoms with Gasteiger partial charge in [0.25, 0.3) is 0 Å². The van der Waals surface area contributed by atoms with Crippen LogP contribution in [0.3, 0.4) is 0 Å². The van der Waals surface area contributed by atoms with Crippen molar-refractivity contribution in [2.75, 3.05) is 13.6 Å². The molecule has 1 aliphatic rings. The lowest BCUT2D eigenvalue weighted by molar-refractivity contribution is -0.123. The summed E-state index contributed by atoms with van der Waals surface area (Å²) < 4.78 is 0. The highest BCUT2D eigenvalue weighted by Gasteiger charge is 2.23. The molecule has 0 bridgehead atoms. The van der Waals surface area contributed by atoms with E-state index in [4.69, 9.17) is 11.6 Å². The summed E-state index contributed by atoms with van der Waals surface area (Å²) in [7, 11) is 2.06. The second-order valence-corrected chi connectivity index (χ2v) is 7.05. The number of carbonyl (C=O) groups is 1. The first-order valence-corrected chi connectivity index (χ1v) is 8.59. The molecule has 1 amide bonds. The Hall–Kier alpha value is -1.06. The third-order valence-electron chi connectivity index (χ3n) is 4.75. The molecule has 0 spiro atoms. The van der Waals surface area contributed by atoms with E-state index >= 15 is 0 Å². The first-order valence-electron chi connectivity index (χ1n) is 8.21. The number of hydrogen-bond donors (Lipinski definition) is 1. The number of amides is 1. The smallest absolute Gasteiger partial charge is 0.234 e. The van der Waals surface area contributed by atoms with Crippen LogP contribution in [0.5, 0.6) is 0 Å². The number of benzene rings is 1. The second-order valence-electron chi connectivity index (χ2n) is 6.64. The van der Waals surface area contributed by atoms with Crippen LogP contribution in [-0.4, -0.2) is 30.4 Å². The van der Waals surface area contributed by atoms with Gasteiger partial charge >= 0.3 is 0 Å². The van der Waals surface area contributed by atoms with Crippen molar-refractivity contribution in [2.24, 2.45) is 5.92 Å². The summed E-state index contributed by atoms with van der Waals surface area (Å²) in [5.41, 5.74) is 0.965. The Kier molecular flexibility index (Phi) is 6.27. The predicted molar refractivity (Wildman–Crippen MR) is 92.1 cm³/mol. The van der Waals surface area contributed by atoms with Gasteiger partial charge in [-0.2, -0.15) is 0 Å². The number of nitrogens with zero attached hydrogens (tertiary/aromatic N) is 1. The summed E-state index contributed by atoms with van der Waals surface area (Å²) in [6, 6.07) is 8.13. The van der Waals surface area contributed by atoms with Gasteiger partial charge in [0.1, 0.15) is 0 Å². The van der Waals surface area contributed by atoms with E-state index in [1.807, 2.05) is 31.2 Å². The lowest BCUT2D eigenvalue weighted by Gasteiger charge is -2.33. The molecule has 1 unspecified atom stereocenters. The molecule has 4 heteroatoms. The molecule has 0 saturated heterocycles. The lowest BCUT2D eigenvalue weighted by atomic mass is 9.87. The molecule has 122 valence electrons. The van der Waals surface area contributed by atoms with Crippen molar-refractivity contribution in [3.05, 3.63) is 34.9 Å². The SMILES string of the molecule is CC1CCC(N(C)CC(=O)NC(C)c2ccccc2Cl)CC1. The number of halogens is 1. The molecular formula is C18H27ClN2O. The van der Waals surface area contributed by atoms with E-state index < -0.39 is 0 Å². The molecule has 0 aromatic heterocycles. The summed E-state index contributed by atoms with van der Waals surface area (Å²) in [6.45, 7) is 4.74. The molecule has 1 aromatic carbocycles. The van der Waals surface area contributed by atoms with Gasteiger partial charge in [-0.15, -0.1) is 0 Å². The highest BCUT2D eigenvalue weighted by atomic mass is 35.5. The average molecular weight is 323 g/mol. The Morgan fingerprint density at radius 3 is 2.59 bits per heavy atom. The van der Waals surface area contributed by atoms with E-state index in [0.717, 1.165) is 11.5 Å². The van der Waals surface area contributed by atoms with Crippen LogP contribution < -0.4 is 5.32 Å². The van der Waals surface area contributed by atoms with Gasteiger partial charge in [0, 0.05) is 11.1 Å². The number of hydrogen-bond acceptors (Lipinski definition) is 2. The molecule has 1 aromatic rings. The first kappa shape index (κ1) is 17.3. The predicted octanol–water partition coefficient (Wildman–Crippen LogP) is 4.03. The van der Waals surface area contributed by atoms with E-state index in [9.17, 15) is 4.79 Å². The molecule has 22 heavy (non-hydrogen) atoms. The van der Waals surface area contributed by atoms with E-state index in [2.05, 4.69) is 24.2 Å². The van der Waals surface area contributed by atoms with E-state index in [-0.39, 0.29) is 11.9 Å². The fraction of sp³-hybridized carbons (Fsp3) is 0.611. The minimum Gasteiger partial charge on any atom is -0.348 e. The molecule has 1 aliphatic carbocycles. The second kappa shape index (κ2) is 7.98. The summed E-state index contributed by atoms with van der Waals surface area (Å²) >= 11 is 6.18. The average Bonchev–Trinajstić information content (AvgIpc) is 2.48. The van der Waals surface area contributed by atoms with Crippen LogP contribution in [0.4, 0.5) is 0 Å². The maximum Gasteiger partial charge on any atom is 0.234 e. The van der Waals surface area contributed by atoms with Gasteiger partial charge in [-0.3, -0.25) is 9.69 Å². The third kappa shape index (κ3) is 4.72. The van der Waals surface area contributed by atoms with Crippen molar-refractivity contribution in [1.29, 1.82) is 0 Å². The molecule has 1 N–H and O–H groups in total. The Labute approximate surface area is 139 Å². The van der Waals surface area contributed by atoms with Crippen LogP contribution in [0.1, 0.15) is 51.1 Å². The van der Waals surface area contributed by atoms with Crippen molar-refractivity contribution < 1.29 is 4.79 Å². The molecule has 0 radical (unpaired) electrons. The van der Waals surface area contributed by atoms with Crippen LogP contribution in [0.2, 0.25) is 5.02 Å². The number of nitrogens with one attached hydrogen (secondary N) is 1. The van der Waals surface area contributed by atoms with Gasteiger partial charge in [0.2, 0.25) is 5.91 Å². The fourth-order valence-electron chi connectivity index (χ4n) is 3.23. The largest absolute Gasteiger partial charge is 0.348 e. The number of carbonyl (C=O) groups excluding carboxylic acids is 1. The Bertz CT molecular complexity index is 498. The normalized spacial score (nSPS) is 23.3. The Balaban J connectivity index is 1.83. The topological polar surface area (TPSA) is 32.3 Å². The fourth-order valence-corrected chi connectivity index (χ4v) is 3.53. The molecule has 0 heterocycles. The molecular weight excluding hydrogens is 296 g/mol. The van der Waals surface area contributed by atoms with E-state index in [1.165, 1.54) is 25.7 Å². The minimum atomic E-state index is -0.0685. The Morgan fingerprint density at radius 2 is 1.95 bits per heavy atom. The van der Waals surface area contributed by atoms with E-state index in [0.29, 0.717) is 17.6 Å². The molecule has 1 atom stereocenters. The number of rotatable bonds is 5. The summed E-state index contributed by atoms with van der Waals surface area (Å²) in [5, 5.41) is 3.75. The molecule has 1 fully saturated rings. The van der Waals surface area contributed by atoms with Gasteiger partial charge in [0.15, 0.2) is 0 Å². The van der Waals surface area contributed by atoms with Crippen molar-refractivity contribution in [3.63, 3.8) is 0 Å². The standard InChI is InChI=1S/C18H27ClN2O/c1-13-8-10-15(11-9-13)21(3)12-18(22)20-14(2)16-6-4-5-7-17(16)19/h4-7,13-15H,8-12H2,1-3H3,(H,20,22). The van der Waals surface area contributed by atoms with Crippen molar-refractivity contribution in [2.45, 2.75) is 51.6 Å². The maximum atomic E-state index is 12.3. The highest BCUT2D eigenvalue weighted by Crippen LogP contribution is 2.26. The Morgan fingerprint density at radius 1 is 1.32 bits per heavy atom. The zero-order chi connectivity index (χ0) is 16.1. The minimum absolute atomic E-state index is 0.0635. The zero-order valence-corrected chi connectivity index (χ0v) is 14.6. The highest BCUT2D eigenvalue weighted by molar-refractivity contribution is 6.31. The molecule has 0 aliphatic heterocycles. The monoisotopic (exact) mass is 322 g/mol. The number of likely N-dealkylation sites (N-methyl/N-ethyl adjacent to an activating group) is 1. The maximum absolute atomic E-state index is 12.3. The van der Waals surface area contributed by atoms with Crippen molar-refractivity contribution >= 4 is 17.5 Å². The van der Waals surface area contributed by atoms with Crippen LogP contribution in [-0.2, 0) is 4.79 Å². The summed E-state index contributed by atoms with van der Waals surface area (Å²) in [5.74, 6) is 0.896. The lowest BCUT2D eigenvalue weighted by Crippen LogP contribution is -2.42.